The summed E-state index contributed by atoms with van der Waals surface area (Å²) in [4.78, 5) is 26.6. The number of carboxylic acids is 2. The summed E-state index contributed by atoms with van der Waals surface area (Å²) >= 11 is 0. The molecule has 0 aliphatic heterocycles. The zero-order valence-corrected chi connectivity index (χ0v) is 40.0. The lowest BCUT2D eigenvalue weighted by atomic mass is 10.1. The van der Waals surface area contributed by atoms with Crippen LogP contribution in [-0.4, -0.2) is 177 Å². The Balaban J connectivity index is 3.53. The highest BCUT2D eigenvalue weighted by atomic mass is 16.6. The highest BCUT2D eigenvalue weighted by molar-refractivity contribution is 5.67. The number of hydrogen-bond donors (Lipinski definition) is 2. The number of carboxylic acid groups (broad SMARTS) is 2. The topological polar surface area (TPSA) is 155 Å². The van der Waals surface area contributed by atoms with Gasteiger partial charge in [0.05, 0.1) is 119 Å². The maximum atomic E-state index is 11.1. The summed E-state index contributed by atoms with van der Waals surface area (Å²) in [6, 6.07) is 0. The average Bonchev–Trinajstić information content (AvgIpc) is 3.26. The van der Waals surface area contributed by atoms with Gasteiger partial charge >= 0.3 is 11.9 Å². The van der Waals surface area contributed by atoms with Crippen molar-refractivity contribution < 1.29 is 57.7 Å². The Morgan fingerprint density at radius 1 is 0.290 bits per heavy atom. The molecule has 0 unspecified atom stereocenters. The zero-order valence-electron chi connectivity index (χ0n) is 40.0. The Morgan fingerprint density at radius 3 is 0.726 bits per heavy atom. The van der Waals surface area contributed by atoms with E-state index in [1.165, 1.54) is 116 Å². The van der Waals surface area contributed by atoms with Gasteiger partial charge in [-0.15, -0.1) is 0 Å². The van der Waals surface area contributed by atoms with Crippen molar-refractivity contribution in [2.45, 2.75) is 155 Å². The second kappa shape index (κ2) is 52.2. The van der Waals surface area contributed by atoms with Gasteiger partial charge in [0.1, 0.15) is 0 Å². The molecule has 0 radical (unpaired) electrons. The summed E-state index contributed by atoms with van der Waals surface area (Å²) in [6.07, 6.45) is 26.2. The van der Waals surface area contributed by atoms with Gasteiger partial charge in [0.25, 0.3) is 0 Å². The largest absolute Gasteiger partial charge is 0.481 e. The molecular formula is C48H96N2O12. The molecule has 370 valence electrons. The highest BCUT2D eigenvalue weighted by Gasteiger charge is 2.09. The molecule has 0 aromatic heterocycles. The average molecular weight is 893 g/mol. The summed E-state index contributed by atoms with van der Waals surface area (Å²) < 4.78 is 44.9. The van der Waals surface area contributed by atoms with E-state index in [9.17, 15) is 9.59 Å². The summed E-state index contributed by atoms with van der Waals surface area (Å²) in [5.74, 6) is -1.51. The van der Waals surface area contributed by atoms with E-state index in [1.54, 1.807) is 0 Å². The molecule has 14 heteroatoms. The Bertz CT molecular complexity index is 836. The lowest BCUT2D eigenvalue weighted by Crippen LogP contribution is -2.31. The third-order valence-electron chi connectivity index (χ3n) is 10.6. The fourth-order valence-electron chi connectivity index (χ4n) is 6.85. The number of rotatable bonds is 55. The fraction of sp³-hybridized carbons (Fsp3) is 0.958. The van der Waals surface area contributed by atoms with Gasteiger partial charge in [-0.2, -0.15) is 0 Å². The molecule has 0 saturated heterocycles. The van der Waals surface area contributed by atoms with Gasteiger partial charge in [-0.25, -0.2) is 0 Å². The zero-order chi connectivity index (χ0) is 45.1. The maximum Gasteiger partial charge on any atom is 0.304 e. The van der Waals surface area contributed by atoms with Gasteiger partial charge in [0.2, 0.25) is 0 Å². The first-order valence-electron chi connectivity index (χ1n) is 25.0. The van der Waals surface area contributed by atoms with Gasteiger partial charge in [0.15, 0.2) is 0 Å². The van der Waals surface area contributed by atoms with Crippen molar-refractivity contribution in [3.05, 3.63) is 0 Å². The van der Waals surface area contributed by atoms with Gasteiger partial charge in [-0.1, -0.05) is 129 Å². The van der Waals surface area contributed by atoms with E-state index in [1.807, 2.05) is 0 Å². The smallest absolute Gasteiger partial charge is 0.304 e. The lowest BCUT2D eigenvalue weighted by Gasteiger charge is -2.21. The third kappa shape index (κ3) is 51.2. The van der Waals surface area contributed by atoms with Crippen LogP contribution in [0.1, 0.15) is 155 Å². The lowest BCUT2D eigenvalue weighted by molar-refractivity contribution is -0.138. The maximum absolute atomic E-state index is 11.1. The Labute approximate surface area is 378 Å². The van der Waals surface area contributed by atoms with Gasteiger partial charge in [-0.05, 0) is 25.9 Å². The Hall–Kier alpha value is -1.46. The molecular weight excluding hydrogens is 797 g/mol. The standard InChI is InChI=1S/C48H96N2O12/c1-3-5-7-9-11-13-15-17-19-21-25-49(27-23-47(51)52)29-31-55-33-35-57-37-39-59-41-43-61-45-46-62-44-42-60-40-38-58-36-34-56-32-30-50(28-24-48(53)54)26-22-20-18-16-14-12-10-8-6-4-2/h3-46H2,1-2H3,(H,51,52)(H,53,54). The van der Waals surface area contributed by atoms with Crippen LogP contribution in [-0.2, 0) is 47.5 Å². The minimum absolute atomic E-state index is 0.160. The van der Waals surface area contributed by atoms with E-state index in [4.69, 9.17) is 48.1 Å². The molecule has 0 amide bonds. The van der Waals surface area contributed by atoms with Crippen LogP contribution in [0, 0.1) is 0 Å². The number of unbranched alkanes of at least 4 members (excludes halogenated alkanes) is 18. The molecule has 0 aromatic rings. The quantitative estimate of drug-likeness (QED) is 0.0561. The molecule has 0 rings (SSSR count). The summed E-state index contributed by atoms with van der Waals surface area (Å²) in [7, 11) is 0. The highest BCUT2D eigenvalue weighted by Crippen LogP contribution is 2.12. The number of ether oxygens (including phenoxy) is 8. The van der Waals surface area contributed by atoms with Crippen LogP contribution in [0.3, 0.4) is 0 Å². The van der Waals surface area contributed by atoms with E-state index >= 15 is 0 Å². The van der Waals surface area contributed by atoms with Crippen LogP contribution in [0.25, 0.3) is 0 Å². The minimum atomic E-state index is -0.757. The Kier molecular flexibility index (Phi) is 50.9. The van der Waals surface area contributed by atoms with Crippen molar-refractivity contribution in [3.63, 3.8) is 0 Å². The summed E-state index contributed by atoms with van der Waals surface area (Å²) in [5, 5.41) is 18.2. The molecule has 0 aliphatic rings. The van der Waals surface area contributed by atoms with Crippen LogP contribution in [0.15, 0.2) is 0 Å². The normalized spacial score (nSPS) is 11.7. The van der Waals surface area contributed by atoms with Gasteiger partial charge in [0, 0.05) is 26.2 Å². The van der Waals surface area contributed by atoms with Crippen molar-refractivity contribution in [1.82, 2.24) is 9.80 Å². The van der Waals surface area contributed by atoms with E-state index in [0.29, 0.717) is 119 Å². The summed E-state index contributed by atoms with van der Waals surface area (Å²) in [5.41, 5.74) is 0. The van der Waals surface area contributed by atoms with E-state index in [2.05, 4.69) is 23.6 Å². The number of aliphatic carboxylic acids is 2. The van der Waals surface area contributed by atoms with E-state index in [0.717, 1.165) is 39.0 Å². The van der Waals surface area contributed by atoms with Crippen LogP contribution in [0.5, 0.6) is 0 Å². The molecule has 0 heterocycles. The molecule has 0 fully saturated rings. The van der Waals surface area contributed by atoms with E-state index < -0.39 is 11.9 Å². The number of carbonyl (C=O) groups is 2. The molecule has 0 bridgehead atoms. The SMILES string of the molecule is CCCCCCCCCCCCN(CCOCCOCCOCCOCCOCCOCCOCCOCCN(CCCCCCCCCCCC)CCC(=O)O)CCC(=O)O. The van der Waals surface area contributed by atoms with Gasteiger partial charge < -0.3 is 57.9 Å². The third-order valence-corrected chi connectivity index (χ3v) is 10.6. The van der Waals surface area contributed by atoms with Crippen LogP contribution >= 0.6 is 0 Å². The second-order valence-corrected chi connectivity index (χ2v) is 16.2. The molecule has 0 aromatic carbocycles. The second-order valence-electron chi connectivity index (χ2n) is 16.2. The van der Waals surface area contributed by atoms with Crippen molar-refractivity contribution in [3.8, 4) is 0 Å². The number of nitrogens with zero attached hydrogens (tertiary/aromatic N) is 2. The summed E-state index contributed by atoms with van der Waals surface area (Å²) in [6.45, 7) is 17.0. The van der Waals surface area contributed by atoms with Crippen molar-refractivity contribution >= 4 is 11.9 Å². The molecule has 0 atom stereocenters. The molecule has 0 saturated carbocycles. The van der Waals surface area contributed by atoms with Crippen molar-refractivity contribution in [2.24, 2.45) is 0 Å². The first-order valence-corrected chi connectivity index (χ1v) is 25.0. The van der Waals surface area contributed by atoms with Crippen molar-refractivity contribution in [2.75, 3.05) is 145 Å². The minimum Gasteiger partial charge on any atom is -0.481 e. The van der Waals surface area contributed by atoms with Crippen LogP contribution in [0.2, 0.25) is 0 Å². The Morgan fingerprint density at radius 2 is 0.500 bits per heavy atom. The predicted octanol–water partition coefficient (Wildman–Crippen LogP) is 8.51. The molecule has 0 aliphatic carbocycles. The van der Waals surface area contributed by atoms with E-state index in [-0.39, 0.29) is 12.8 Å². The first kappa shape index (κ1) is 60.5. The first-order chi connectivity index (χ1) is 30.5. The monoisotopic (exact) mass is 893 g/mol. The fourth-order valence-corrected chi connectivity index (χ4v) is 6.85. The van der Waals surface area contributed by atoms with Crippen molar-refractivity contribution in [1.29, 1.82) is 0 Å². The van der Waals surface area contributed by atoms with Crippen LogP contribution in [0.4, 0.5) is 0 Å². The van der Waals surface area contributed by atoms with Crippen LogP contribution < -0.4 is 0 Å². The van der Waals surface area contributed by atoms with Gasteiger partial charge in [-0.3, -0.25) is 9.59 Å². The molecule has 14 nitrogen and oxygen atoms in total. The predicted molar refractivity (Wildman–Crippen MR) is 248 cm³/mol. The molecule has 0 spiro atoms. The molecule has 2 N–H and O–H groups in total. The molecule has 62 heavy (non-hydrogen) atoms. The number of hydrogen-bond acceptors (Lipinski definition) is 12.